The maximum atomic E-state index is 11.8. The smallest absolute Gasteiger partial charge is 0.286 e. The van der Waals surface area contributed by atoms with Crippen LogP contribution in [0.3, 0.4) is 0 Å². The Balaban J connectivity index is 2.18. The van der Waals surface area contributed by atoms with Crippen LogP contribution in [0, 0.1) is 6.92 Å². The second-order valence-electron chi connectivity index (χ2n) is 3.38. The Morgan fingerprint density at radius 1 is 1.47 bits per heavy atom. The molecule has 1 aromatic heterocycles. The van der Waals surface area contributed by atoms with Crippen LogP contribution < -0.4 is 11.1 Å². The molecule has 1 heterocycles. The molecule has 0 atom stereocenters. The zero-order valence-electron chi connectivity index (χ0n) is 8.90. The first kappa shape index (κ1) is 12.0. The van der Waals surface area contributed by atoms with Gasteiger partial charge in [0, 0.05) is 4.47 Å². The number of carbonyl (C=O) groups excluding carboxylic acids is 1. The number of carbonyl (C=O) groups is 1. The Morgan fingerprint density at radius 3 is 2.82 bits per heavy atom. The molecule has 0 unspecified atom stereocenters. The number of hydrogen-bond donors (Lipinski definition) is 2. The third-order valence-electron chi connectivity index (χ3n) is 2.01. The van der Waals surface area contributed by atoms with E-state index in [9.17, 15) is 4.79 Å². The minimum atomic E-state index is -0.316. The van der Waals surface area contributed by atoms with Gasteiger partial charge in [0.1, 0.15) is 0 Å². The summed E-state index contributed by atoms with van der Waals surface area (Å²) in [5.74, 6) is -0.316. The molecule has 0 radical (unpaired) electrons. The molecule has 0 aliphatic heterocycles. The largest absolute Gasteiger partial charge is 0.374 e. The topological polar surface area (TPSA) is 80.9 Å². The lowest BCUT2D eigenvalue weighted by molar-refractivity contribution is 0.102. The average Bonchev–Trinajstić information content (AvgIpc) is 2.69. The van der Waals surface area contributed by atoms with E-state index in [1.54, 1.807) is 0 Å². The molecule has 5 nitrogen and oxygen atoms in total. The van der Waals surface area contributed by atoms with Crippen LogP contribution in [0.5, 0.6) is 0 Å². The van der Waals surface area contributed by atoms with Crippen molar-refractivity contribution in [3.8, 4) is 0 Å². The fourth-order valence-electron chi connectivity index (χ4n) is 1.22. The molecule has 88 valence electrons. The zero-order valence-corrected chi connectivity index (χ0v) is 11.3. The highest BCUT2D eigenvalue weighted by Gasteiger charge is 2.13. The molecule has 0 aliphatic rings. The molecule has 0 saturated heterocycles. The molecule has 2 rings (SSSR count). The lowest BCUT2D eigenvalue weighted by atomic mass is 10.2. The summed E-state index contributed by atoms with van der Waals surface area (Å²) in [5, 5.41) is 10.5. The Morgan fingerprint density at radius 2 is 2.24 bits per heavy atom. The highest BCUT2D eigenvalue weighted by atomic mass is 79.9. The molecule has 0 spiro atoms. The number of hydrogen-bond acceptors (Lipinski definition) is 5. The summed E-state index contributed by atoms with van der Waals surface area (Å²) in [6, 6.07) is 5.65. The number of nitrogen functional groups attached to an aromatic ring is 1. The SMILES string of the molecule is Cc1ccc(NC(=O)c2nnc(N)s2)c(Br)c1. The van der Waals surface area contributed by atoms with Gasteiger partial charge in [0.05, 0.1) is 5.69 Å². The second-order valence-corrected chi connectivity index (χ2v) is 5.25. The van der Waals surface area contributed by atoms with Crippen molar-refractivity contribution in [2.75, 3.05) is 11.1 Å². The third kappa shape index (κ3) is 2.80. The maximum Gasteiger partial charge on any atom is 0.286 e. The fraction of sp³-hybridized carbons (Fsp3) is 0.100. The molecule has 0 saturated carbocycles. The molecule has 1 amide bonds. The van der Waals surface area contributed by atoms with Crippen LogP contribution in [0.4, 0.5) is 10.8 Å². The molecule has 0 fully saturated rings. The number of nitrogens with two attached hydrogens (primary N) is 1. The van der Waals surface area contributed by atoms with Gasteiger partial charge in [-0.3, -0.25) is 4.79 Å². The number of nitrogens with zero attached hydrogens (tertiary/aromatic N) is 2. The van der Waals surface area contributed by atoms with Crippen LogP contribution in [-0.2, 0) is 0 Å². The van der Waals surface area contributed by atoms with Crippen molar-refractivity contribution in [2.24, 2.45) is 0 Å². The molecule has 1 aromatic carbocycles. The van der Waals surface area contributed by atoms with Crippen LogP contribution in [0.1, 0.15) is 15.4 Å². The minimum absolute atomic E-state index is 0.245. The summed E-state index contributed by atoms with van der Waals surface area (Å²) in [7, 11) is 0. The summed E-state index contributed by atoms with van der Waals surface area (Å²) < 4.78 is 0.823. The quantitative estimate of drug-likeness (QED) is 0.892. The standard InChI is InChI=1S/C10H9BrN4OS/c1-5-2-3-7(6(11)4-5)13-8(16)9-14-15-10(12)17-9/h2-4H,1H3,(H2,12,15)(H,13,16). The predicted molar refractivity (Wildman–Crippen MR) is 71.2 cm³/mol. The van der Waals surface area contributed by atoms with Crippen molar-refractivity contribution >= 4 is 44.0 Å². The van der Waals surface area contributed by atoms with Gasteiger partial charge in [0.2, 0.25) is 10.1 Å². The van der Waals surface area contributed by atoms with Gasteiger partial charge in [-0.1, -0.05) is 17.4 Å². The van der Waals surface area contributed by atoms with Crippen LogP contribution in [0.25, 0.3) is 0 Å². The van der Waals surface area contributed by atoms with E-state index in [0.717, 1.165) is 21.4 Å². The van der Waals surface area contributed by atoms with Gasteiger partial charge < -0.3 is 11.1 Å². The molecule has 7 heteroatoms. The first-order valence-corrected chi connectivity index (χ1v) is 6.33. The normalized spacial score (nSPS) is 10.2. The Kier molecular flexibility index (Phi) is 3.39. The summed E-state index contributed by atoms with van der Waals surface area (Å²) in [6.45, 7) is 1.97. The minimum Gasteiger partial charge on any atom is -0.374 e. The van der Waals surface area contributed by atoms with Gasteiger partial charge in [0.25, 0.3) is 5.91 Å². The van der Waals surface area contributed by atoms with Crippen LogP contribution in [-0.4, -0.2) is 16.1 Å². The van der Waals surface area contributed by atoms with E-state index >= 15 is 0 Å². The summed E-state index contributed by atoms with van der Waals surface area (Å²) in [4.78, 5) is 11.8. The van der Waals surface area contributed by atoms with Crippen molar-refractivity contribution in [2.45, 2.75) is 6.92 Å². The van der Waals surface area contributed by atoms with E-state index < -0.39 is 0 Å². The number of rotatable bonds is 2. The van der Waals surface area contributed by atoms with Crippen molar-refractivity contribution < 1.29 is 4.79 Å². The fourth-order valence-corrected chi connectivity index (χ4v) is 2.32. The van der Waals surface area contributed by atoms with Crippen molar-refractivity contribution in [1.82, 2.24) is 10.2 Å². The van der Waals surface area contributed by atoms with Crippen molar-refractivity contribution in [3.63, 3.8) is 0 Å². The number of amides is 1. The average molecular weight is 313 g/mol. The van der Waals surface area contributed by atoms with Gasteiger partial charge in [-0.05, 0) is 40.5 Å². The monoisotopic (exact) mass is 312 g/mol. The van der Waals surface area contributed by atoms with Crippen molar-refractivity contribution in [3.05, 3.63) is 33.2 Å². The Hall–Kier alpha value is -1.47. The van der Waals surface area contributed by atoms with Gasteiger partial charge in [-0.15, -0.1) is 10.2 Å². The van der Waals surface area contributed by atoms with Gasteiger partial charge in [0.15, 0.2) is 0 Å². The summed E-state index contributed by atoms with van der Waals surface area (Å²) in [6.07, 6.45) is 0. The molecular formula is C10H9BrN4OS. The number of aromatic nitrogens is 2. The summed E-state index contributed by atoms with van der Waals surface area (Å²) >= 11 is 4.43. The maximum absolute atomic E-state index is 11.8. The molecule has 3 N–H and O–H groups in total. The van der Waals surface area contributed by atoms with E-state index in [1.807, 2.05) is 25.1 Å². The number of nitrogens with one attached hydrogen (secondary N) is 1. The summed E-state index contributed by atoms with van der Waals surface area (Å²) in [5.41, 5.74) is 7.21. The van der Waals surface area contributed by atoms with Crippen LogP contribution in [0.2, 0.25) is 0 Å². The highest BCUT2D eigenvalue weighted by molar-refractivity contribution is 9.10. The number of halogens is 1. The third-order valence-corrected chi connectivity index (χ3v) is 3.41. The lowest BCUT2D eigenvalue weighted by Crippen LogP contribution is -2.12. The van der Waals surface area contributed by atoms with E-state index in [1.165, 1.54) is 0 Å². The molecule has 0 aliphatic carbocycles. The van der Waals surface area contributed by atoms with Crippen LogP contribution in [0.15, 0.2) is 22.7 Å². The number of aryl methyl sites for hydroxylation is 1. The molecule has 2 aromatic rings. The van der Waals surface area contributed by atoms with Gasteiger partial charge in [-0.25, -0.2) is 0 Å². The van der Waals surface area contributed by atoms with E-state index in [0.29, 0.717) is 5.69 Å². The highest BCUT2D eigenvalue weighted by Crippen LogP contribution is 2.24. The predicted octanol–water partition coefficient (Wildman–Crippen LogP) is 2.44. The first-order valence-electron chi connectivity index (χ1n) is 4.73. The number of anilines is 2. The molecule has 17 heavy (non-hydrogen) atoms. The number of benzene rings is 1. The van der Waals surface area contributed by atoms with E-state index in [2.05, 4.69) is 31.4 Å². The zero-order chi connectivity index (χ0) is 12.4. The second kappa shape index (κ2) is 4.80. The van der Waals surface area contributed by atoms with E-state index in [-0.39, 0.29) is 16.0 Å². The molecule has 0 bridgehead atoms. The van der Waals surface area contributed by atoms with Gasteiger partial charge >= 0.3 is 0 Å². The Bertz CT molecular complexity index is 569. The molecular weight excluding hydrogens is 304 g/mol. The van der Waals surface area contributed by atoms with Crippen molar-refractivity contribution in [1.29, 1.82) is 0 Å². The van der Waals surface area contributed by atoms with Gasteiger partial charge in [-0.2, -0.15) is 0 Å². The lowest BCUT2D eigenvalue weighted by Gasteiger charge is -2.05. The Labute approximate surface area is 110 Å². The first-order chi connectivity index (χ1) is 8.06. The van der Waals surface area contributed by atoms with Crippen LogP contribution >= 0.6 is 27.3 Å². The van der Waals surface area contributed by atoms with E-state index in [4.69, 9.17) is 5.73 Å².